The first-order chi connectivity index (χ1) is 12.6. The van der Waals surface area contributed by atoms with Crippen LogP contribution < -0.4 is 0 Å². The van der Waals surface area contributed by atoms with E-state index in [2.05, 4.69) is 17.7 Å². The standard InChI is InChI=1S/C18H24N6O2/c1-2-17(25)23-13-12-22(14-16(23)4-7-19)18(26)21-10-5-15(6-11-21)24-9-3-8-20-24/h2-3,8-9,15-16H,1,4-6,10-14H2. The molecule has 8 nitrogen and oxygen atoms in total. The van der Waals surface area contributed by atoms with Gasteiger partial charge < -0.3 is 14.7 Å². The molecule has 1 atom stereocenters. The molecule has 2 fully saturated rings. The van der Waals surface area contributed by atoms with Gasteiger partial charge >= 0.3 is 6.03 Å². The number of hydrogen-bond donors (Lipinski definition) is 0. The zero-order chi connectivity index (χ0) is 18.5. The van der Waals surface area contributed by atoms with Gasteiger partial charge in [0.15, 0.2) is 0 Å². The Morgan fingerprint density at radius 2 is 2.00 bits per heavy atom. The third-order valence-electron chi connectivity index (χ3n) is 5.17. The largest absolute Gasteiger partial charge is 0.332 e. The average Bonchev–Trinajstić information content (AvgIpc) is 3.22. The Morgan fingerprint density at radius 1 is 1.23 bits per heavy atom. The minimum Gasteiger partial charge on any atom is -0.332 e. The fourth-order valence-corrected chi connectivity index (χ4v) is 3.73. The smallest absolute Gasteiger partial charge is 0.320 e. The zero-order valence-electron chi connectivity index (χ0n) is 14.8. The fraction of sp³-hybridized carbons (Fsp3) is 0.556. The molecule has 3 amide bonds. The summed E-state index contributed by atoms with van der Waals surface area (Å²) in [6, 6.07) is 4.09. The first kappa shape index (κ1) is 18.0. The summed E-state index contributed by atoms with van der Waals surface area (Å²) in [7, 11) is 0. The Bertz CT molecular complexity index is 687. The molecule has 1 aromatic rings. The highest BCUT2D eigenvalue weighted by atomic mass is 16.2. The van der Waals surface area contributed by atoms with Crippen LogP contribution in [0, 0.1) is 11.3 Å². The first-order valence-corrected chi connectivity index (χ1v) is 8.97. The lowest BCUT2D eigenvalue weighted by Gasteiger charge is -2.43. The number of piperazine rings is 1. The zero-order valence-corrected chi connectivity index (χ0v) is 14.8. The Labute approximate surface area is 153 Å². The second-order valence-electron chi connectivity index (χ2n) is 6.68. The van der Waals surface area contributed by atoms with E-state index in [1.54, 1.807) is 16.0 Å². The molecule has 26 heavy (non-hydrogen) atoms. The maximum absolute atomic E-state index is 12.9. The molecule has 0 aliphatic carbocycles. The summed E-state index contributed by atoms with van der Waals surface area (Å²) >= 11 is 0. The monoisotopic (exact) mass is 356 g/mol. The number of carbonyl (C=O) groups excluding carboxylic acids is 2. The van der Waals surface area contributed by atoms with Gasteiger partial charge in [-0.2, -0.15) is 10.4 Å². The summed E-state index contributed by atoms with van der Waals surface area (Å²) in [5.41, 5.74) is 0. The molecular formula is C18H24N6O2. The van der Waals surface area contributed by atoms with E-state index in [-0.39, 0.29) is 24.4 Å². The quantitative estimate of drug-likeness (QED) is 0.763. The second kappa shape index (κ2) is 8.04. The number of aromatic nitrogens is 2. The van der Waals surface area contributed by atoms with Crippen molar-refractivity contribution in [1.82, 2.24) is 24.5 Å². The van der Waals surface area contributed by atoms with Crippen LogP contribution in [0.3, 0.4) is 0 Å². The maximum Gasteiger partial charge on any atom is 0.320 e. The number of amides is 3. The van der Waals surface area contributed by atoms with Gasteiger partial charge in [-0.05, 0) is 25.0 Å². The van der Waals surface area contributed by atoms with Gasteiger partial charge in [0, 0.05) is 45.1 Å². The van der Waals surface area contributed by atoms with E-state index in [4.69, 9.17) is 5.26 Å². The Balaban J connectivity index is 1.57. The van der Waals surface area contributed by atoms with Crippen LogP contribution >= 0.6 is 0 Å². The highest BCUT2D eigenvalue weighted by Crippen LogP contribution is 2.23. The van der Waals surface area contributed by atoms with E-state index in [1.807, 2.05) is 21.8 Å². The summed E-state index contributed by atoms with van der Waals surface area (Å²) in [6.45, 7) is 6.22. The molecule has 3 rings (SSSR count). The lowest BCUT2D eigenvalue weighted by atomic mass is 10.1. The van der Waals surface area contributed by atoms with Crippen LogP contribution in [0.4, 0.5) is 4.79 Å². The third kappa shape index (κ3) is 3.72. The van der Waals surface area contributed by atoms with Crippen molar-refractivity contribution in [3.05, 3.63) is 31.1 Å². The van der Waals surface area contributed by atoms with Crippen molar-refractivity contribution < 1.29 is 9.59 Å². The average molecular weight is 356 g/mol. The minimum atomic E-state index is -0.273. The summed E-state index contributed by atoms with van der Waals surface area (Å²) in [6.07, 6.45) is 6.97. The molecule has 2 aliphatic rings. The van der Waals surface area contributed by atoms with Gasteiger partial charge in [0.25, 0.3) is 0 Å². The fourth-order valence-electron chi connectivity index (χ4n) is 3.73. The summed E-state index contributed by atoms with van der Waals surface area (Å²) < 4.78 is 1.96. The molecule has 1 unspecified atom stereocenters. The Hall–Kier alpha value is -2.82. The van der Waals surface area contributed by atoms with Crippen molar-refractivity contribution in [2.75, 3.05) is 32.7 Å². The molecule has 2 saturated heterocycles. The van der Waals surface area contributed by atoms with E-state index in [9.17, 15) is 9.59 Å². The van der Waals surface area contributed by atoms with Crippen LogP contribution in [-0.4, -0.2) is 75.2 Å². The highest BCUT2D eigenvalue weighted by molar-refractivity contribution is 5.87. The lowest BCUT2D eigenvalue weighted by molar-refractivity contribution is -0.130. The molecule has 0 radical (unpaired) electrons. The molecule has 0 bridgehead atoms. The number of nitrogens with zero attached hydrogens (tertiary/aromatic N) is 6. The van der Waals surface area contributed by atoms with E-state index >= 15 is 0 Å². The highest BCUT2D eigenvalue weighted by Gasteiger charge is 2.34. The van der Waals surface area contributed by atoms with Crippen LogP contribution in [0.2, 0.25) is 0 Å². The molecule has 0 saturated carbocycles. The van der Waals surface area contributed by atoms with E-state index < -0.39 is 0 Å². The van der Waals surface area contributed by atoms with Gasteiger partial charge in [-0.3, -0.25) is 9.48 Å². The number of urea groups is 1. The molecular weight excluding hydrogens is 332 g/mol. The van der Waals surface area contributed by atoms with Gasteiger partial charge in [-0.15, -0.1) is 0 Å². The van der Waals surface area contributed by atoms with E-state index in [0.717, 1.165) is 12.8 Å². The van der Waals surface area contributed by atoms with Gasteiger partial charge in [-0.1, -0.05) is 6.58 Å². The van der Waals surface area contributed by atoms with Crippen molar-refractivity contribution in [3.63, 3.8) is 0 Å². The van der Waals surface area contributed by atoms with E-state index in [1.165, 1.54) is 6.08 Å². The predicted octanol–water partition coefficient (Wildman–Crippen LogP) is 1.25. The predicted molar refractivity (Wildman–Crippen MR) is 95.0 cm³/mol. The van der Waals surface area contributed by atoms with Crippen molar-refractivity contribution in [2.24, 2.45) is 0 Å². The number of piperidine rings is 1. The number of hydrogen-bond acceptors (Lipinski definition) is 4. The van der Waals surface area contributed by atoms with Crippen LogP contribution in [0.5, 0.6) is 0 Å². The molecule has 0 N–H and O–H groups in total. The molecule has 2 aliphatic heterocycles. The van der Waals surface area contributed by atoms with Crippen LogP contribution in [0.25, 0.3) is 0 Å². The topological polar surface area (TPSA) is 85.5 Å². The summed E-state index contributed by atoms with van der Waals surface area (Å²) in [5.74, 6) is -0.183. The third-order valence-corrected chi connectivity index (χ3v) is 5.17. The number of rotatable bonds is 3. The molecule has 138 valence electrons. The van der Waals surface area contributed by atoms with Gasteiger partial charge in [0.1, 0.15) is 0 Å². The maximum atomic E-state index is 12.9. The van der Waals surface area contributed by atoms with E-state index in [0.29, 0.717) is 38.8 Å². The van der Waals surface area contributed by atoms with Crippen molar-refractivity contribution >= 4 is 11.9 Å². The van der Waals surface area contributed by atoms with Crippen molar-refractivity contribution in [3.8, 4) is 6.07 Å². The minimum absolute atomic E-state index is 0.00226. The SMILES string of the molecule is C=CC(=O)N1CCN(C(=O)N2CCC(n3cccn3)CC2)CC1CC#N. The molecule has 0 spiro atoms. The molecule has 3 heterocycles. The van der Waals surface area contributed by atoms with Gasteiger partial charge in [-0.25, -0.2) is 4.79 Å². The van der Waals surface area contributed by atoms with Crippen LogP contribution in [0.1, 0.15) is 25.3 Å². The molecule has 0 aromatic carbocycles. The Morgan fingerprint density at radius 3 is 2.62 bits per heavy atom. The van der Waals surface area contributed by atoms with Gasteiger partial charge in [0.05, 0.1) is 24.6 Å². The lowest BCUT2D eigenvalue weighted by Crippen LogP contribution is -2.59. The number of carbonyl (C=O) groups is 2. The first-order valence-electron chi connectivity index (χ1n) is 8.97. The normalized spacial score (nSPS) is 21.3. The van der Waals surface area contributed by atoms with Crippen molar-refractivity contribution in [2.45, 2.75) is 31.3 Å². The number of likely N-dealkylation sites (tertiary alicyclic amines) is 1. The second-order valence-corrected chi connectivity index (χ2v) is 6.68. The molecule has 8 heteroatoms. The van der Waals surface area contributed by atoms with Gasteiger partial charge in [0.2, 0.25) is 5.91 Å². The molecule has 1 aromatic heterocycles. The summed E-state index contributed by atoms with van der Waals surface area (Å²) in [5, 5.41) is 13.3. The van der Waals surface area contributed by atoms with Crippen LogP contribution in [0.15, 0.2) is 31.1 Å². The van der Waals surface area contributed by atoms with Crippen molar-refractivity contribution in [1.29, 1.82) is 5.26 Å². The Kier molecular flexibility index (Phi) is 5.56. The van der Waals surface area contributed by atoms with Crippen LogP contribution in [-0.2, 0) is 4.79 Å². The summed E-state index contributed by atoms with van der Waals surface area (Å²) in [4.78, 5) is 30.1. The number of nitriles is 1.